The van der Waals surface area contributed by atoms with E-state index in [2.05, 4.69) is 34.6 Å². The van der Waals surface area contributed by atoms with E-state index in [-0.39, 0.29) is 11.9 Å². The zero-order valence-corrected chi connectivity index (χ0v) is 14.2. The van der Waals surface area contributed by atoms with Gasteiger partial charge in [-0.25, -0.2) is 4.39 Å². The molecule has 1 heterocycles. The second kappa shape index (κ2) is 6.76. The van der Waals surface area contributed by atoms with Crippen LogP contribution in [0.15, 0.2) is 55.1 Å². The standard InChI is InChI=1S/C20H21FN4/c1-14(16-3-2-4-19(10-16)25-12-23-24-13-25)22-11-18-9-17(15-5-6-15)7-8-20(18)21/h2-4,7-10,12-15,22H,5-6,11H2,1H3. The van der Waals surface area contributed by atoms with Gasteiger partial charge in [0.05, 0.1) is 0 Å². The molecule has 1 saturated carbocycles. The van der Waals surface area contributed by atoms with Gasteiger partial charge >= 0.3 is 0 Å². The van der Waals surface area contributed by atoms with Gasteiger partial charge in [-0.2, -0.15) is 0 Å². The summed E-state index contributed by atoms with van der Waals surface area (Å²) in [5.41, 5.74) is 4.16. The average Bonchev–Trinajstić information content (AvgIpc) is 3.34. The van der Waals surface area contributed by atoms with Gasteiger partial charge in [0, 0.05) is 23.8 Å². The van der Waals surface area contributed by atoms with Crippen LogP contribution in [0.5, 0.6) is 0 Å². The van der Waals surface area contributed by atoms with E-state index in [0.29, 0.717) is 12.5 Å². The first-order valence-electron chi connectivity index (χ1n) is 8.67. The van der Waals surface area contributed by atoms with Crippen LogP contribution in [0, 0.1) is 5.82 Å². The van der Waals surface area contributed by atoms with E-state index < -0.39 is 0 Å². The lowest BCUT2D eigenvalue weighted by Crippen LogP contribution is -2.19. The maximum Gasteiger partial charge on any atom is 0.127 e. The summed E-state index contributed by atoms with van der Waals surface area (Å²) in [7, 11) is 0. The highest BCUT2D eigenvalue weighted by atomic mass is 19.1. The summed E-state index contributed by atoms with van der Waals surface area (Å²) < 4.78 is 16.0. The Morgan fingerprint density at radius 3 is 2.72 bits per heavy atom. The Labute approximate surface area is 146 Å². The third-order valence-electron chi connectivity index (χ3n) is 4.80. The molecule has 4 nitrogen and oxygen atoms in total. The molecule has 1 unspecified atom stereocenters. The summed E-state index contributed by atoms with van der Waals surface area (Å²) in [6.45, 7) is 2.61. The smallest absolute Gasteiger partial charge is 0.127 e. The minimum atomic E-state index is -0.137. The fourth-order valence-electron chi connectivity index (χ4n) is 3.07. The van der Waals surface area contributed by atoms with Gasteiger partial charge in [0.25, 0.3) is 0 Å². The maximum absolute atomic E-state index is 14.1. The lowest BCUT2D eigenvalue weighted by Gasteiger charge is -2.16. The summed E-state index contributed by atoms with van der Waals surface area (Å²) in [5, 5.41) is 11.1. The number of nitrogens with one attached hydrogen (secondary N) is 1. The first-order chi connectivity index (χ1) is 12.2. The van der Waals surface area contributed by atoms with Gasteiger partial charge in [-0.3, -0.25) is 4.57 Å². The van der Waals surface area contributed by atoms with Crippen LogP contribution in [0.4, 0.5) is 4.39 Å². The van der Waals surface area contributed by atoms with Crippen LogP contribution < -0.4 is 5.32 Å². The van der Waals surface area contributed by atoms with Crippen LogP contribution in [0.3, 0.4) is 0 Å². The molecule has 25 heavy (non-hydrogen) atoms. The highest BCUT2D eigenvalue weighted by molar-refractivity contribution is 5.37. The Bertz CT molecular complexity index is 856. The molecule has 1 fully saturated rings. The predicted octanol–water partition coefficient (Wildman–Crippen LogP) is 4.13. The molecular formula is C20H21FN4. The summed E-state index contributed by atoms with van der Waals surface area (Å²) >= 11 is 0. The van der Waals surface area contributed by atoms with Crippen LogP contribution in [0.25, 0.3) is 5.69 Å². The molecule has 4 rings (SSSR count). The van der Waals surface area contributed by atoms with E-state index in [0.717, 1.165) is 16.8 Å². The summed E-state index contributed by atoms with van der Waals surface area (Å²) in [5.74, 6) is 0.500. The van der Waals surface area contributed by atoms with Gasteiger partial charge in [0.1, 0.15) is 18.5 Å². The second-order valence-electron chi connectivity index (χ2n) is 6.69. The van der Waals surface area contributed by atoms with Gasteiger partial charge in [0.2, 0.25) is 0 Å². The Morgan fingerprint density at radius 2 is 1.96 bits per heavy atom. The van der Waals surface area contributed by atoms with Gasteiger partial charge < -0.3 is 5.32 Å². The van der Waals surface area contributed by atoms with E-state index in [1.165, 1.54) is 18.4 Å². The largest absolute Gasteiger partial charge is 0.306 e. The molecule has 0 saturated heterocycles. The molecule has 0 aliphatic heterocycles. The van der Waals surface area contributed by atoms with E-state index in [1.807, 2.05) is 28.8 Å². The molecule has 0 bridgehead atoms. The SMILES string of the molecule is CC(NCc1cc(C2CC2)ccc1F)c1cccc(-n2cnnc2)c1. The first kappa shape index (κ1) is 16.0. The van der Waals surface area contributed by atoms with Crippen molar-refractivity contribution >= 4 is 0 Å². The van der Waals surface area contributed by atoms with E-state index in [9.17, 15) is 4.39 Å². The summed E-state index contributed by atoms with van der Waals surface area (Å²) in [6, 6.07) is 13.8. The third kappa shape index (κ3) is 3.61. The van der Waals surface area contributed by atoms with Crippen LogP contribution in [-0.4, -0.2) is 14.8 Å². The van der Waals surface area contributed by atoms with Crippen molar-refractivity contribution in [2.75, 3.05) is 0 Å². The Balaban J connectivity index is 1.46. The van der Waals surface area contributed by atoms with Crippen LogP contribution in [0.1, 0.15) is 48.4 Å². The lowest BCUT2D eigenvalue weighted by molar-refractivity contribution is 0.543. The van der Waals surface area contributed by atoms with Gasteiger partial charge in [-0.15, -0.1) is 10.2 Å². The summed E-state index contributed by atoms with van der Waals surface area (Å²) in [6.07, 6.45) is 5.81. The minimum absolute atomic E-state index is 0.111. The number of hydrogen-bond acceptors (Lipinski definition) is 3. The van der Waals surface area contributed by atoms with Crippen LogP contribution in [-0.2, 0) is 6.54 Å². The van der Waals surface area contributed by atoms with Crippen molar-refractivity contribution in [3.8, 4) is 5.69 Å². The topological polar surface area (TPSA) is 42.7 Å². The lowest BCUT2D eigenvalue weighted by atomic mass is 10.0. The predicted molar refractivity (Wildman–Crippen MR) is 95.0 cm³/mol. The van der Waals surface area contributed by atoms with Crippen molar-refractivity contribution in [1.29, 1.82) is 0 Å². The monoisotopic (exact) mass is 336 g/mol. The molecule has 3 aromatic rings. The van der Waals surface area contributed by atoms with Crippen molar-refractivity contribution < 1.29 is 4.39 Å². The Kier molecular flexibility index (Phi) is 4.32. The molecule has 1 aliphatic carbocycles. The van der Waals surface area contributed by atoms with Crippen molar-refractivity contribution in [2.24, 2.45) is 0 Å². The molecule has 1 atom stereocenters. The fourth-order valence-corrected chi connectivity index (χ4v) is 3.07. The molecule has 5 heteroatoms. The molecule has 1 N–H and O–H groups in total. The minimum Gasteiger partial charge on any atom is -0.306 e. The van der Waals surface area contributed by atoms with Gasteiger partial charge in [-0.05, 0) is 55.0 Å². The highest BCUT2D eigenvalue weighted by Gasteiger charge is 2.24. The number of benzene rings is 2. The van der Waals surface area contributed by atoms with E-state index >= 15 is 0 Å². The van der Waals surface area contributed by atoms with Crippen LogP contribution >= 0.6 is 0 Å². The van der Waals surface area contributed by atoms with Crippen molar-refractivity contribution in [3.05, 3.63) is 77.6 Å². The van der Waals surface area contributed by atoms with Crippen molar-refractivity contribution in [3.63, 3.8) is 0 Å². The fraction of sp³-hybridized carbons (Fsp3) is 0.300. The van der Waals surface area contributed by atoms with Crippen LogP contribution in [0.2, 0.25) is 0 Å². The first-order valence-corrected chi connectivity index (χ1v) is 8.67. The van der Waals surface area contributed by atoms with E-state index in [4.69, 9.17) is 0 Å². The van der Waals surface area contributed by atoms with Crippen molar-refractivity contribution in [1.82, 2.24) is 20.1 Å². The summed E-state index contributed by atoms with van der Waals surface area (Å²) in [4.78, 5) is 0. The molecular weight excluding hydrogens is 315 g/mol. The van der Waals surface area contributed by atoms with Gasteiger partial charge in [-0.1, -0.05) is 24.3 Å². The maximum atomic E-state index is 14.1. The second-order valence-corrected chi connectivity index (χ2v) is 6.69. The average molecular weight is 336 g/mol. The number of aromatic nitrogens is 3. The zero-order chi connectivity index (χ0) is 17.2. The molecule has 2 aromatic carbocycles. The molecule has 0 radical (unpaired) electrons. The Morgan fingerprint density at radius 1 is 1.16 bits per heavy atom. The molecule has 1 aliphatic rings. The highest BCUT2D eigenvalue weighted by Crippen LogP contribution is 2.40. The van der Waals surface area contributed by atoms with Crippen molar-refractivity contribution in [2.45, 2.75) is 38.3 Å². The van der Waals surface area contributed by atoms with Gasteiger partial charge in [0.15, 0.2) is 0 Å². The quantitative estimate of drug-likeness (QED) is 0.736. The number of hydrogen-bond donors (Lipinski definition) is 1. The Hall–Kier alpha value is -2.53. The third-order valence-corrected chi connectivity index (χ3v) is 4.80. The molecule has 128 valence electrons. The molecule has 0 amide bonds. The number of halogens is 1. The normalized spacial score (nSPS) is 15.3. The number of nitrogens with zero attached hydrogens (tertiary/aromatic N) is 3. The zero-order valence-electron chi connectivity index (χ0n) is 14.2. The molecule has 1 aromatic heterocycles. The number of rotatable bonds is 6. The molecule has 0 spiro atoms. The van der Waals surface area contributed by atoms with E-state index in [1.54, 1.807) is 18.7 Å².